The van der Waals surface area contributed by atoms with E-state index in [2.05, 4.69) is 0 Å². The number of carbonyl (C=O) groups excluding carboxylic acids is 1. The van der Waals surface area contributed by atoms with Crippen molar-refractivity contribution >= 4 is 16.9 Å². The van der Waals surface area contributed by atoms with Crippen molar-refractivity contribution < 1.29 is 33.6 Å². The predicted octanol–water partition coefficient (Wildman–Crippen LogP) is 3.76. The minimum atomic E-state index is -0.776. The smallest absolute Gasteiger partial charge is 0.339 e. The fraction of sp³-hybridized carbons (Fsp3) is 0.182. The molecule has 3 aromatic rings. The molecule has 0 saturated carbocycles. The maximum atomic E-state index is 13.1. The molecule has 0 fully saturated rings. The summed E-state index contributed by atoms with van der Waals surface area (Å²) in [5.41, 5.74) is -0.292. The van der Waals surface area contributed by atoms with Gasteiger partial charge in [-0.25, -0.2) is 4.79 Å². The number of esters is 1. The Labute approximate surface area is 171 Å². The van der Waals surface area contributed by atoms with Gasteiger partial charge in [0.05, 0.1) is 14.2 Å². The third-order valence-electron chi connectivity index (χ3n) is 4.55. The highest BCUT2D eigenvalue weighted by Crippen LogP contribution is 2.50. The molecule has 30 heavy (non-hydrogen) atoms. The Balaban J connectivity index is 2.46. The minimum Gasteiger partial charge on any atom is -0.504 e. The van der Waals surface area contributed by atoms with Crippen LogP contribution in [0.3, 0.4) is 0 Å². The van der Waals surface area contributed by atoms with Crippen molar-refractivity contribution in [2.24, 2.45) is 0 Å². The first-order valence-electron chi connectivity index (χ1n) is 8.92. The van der Waals surface area contributed by atoms with Crippen LogP contribution in [-0.2, 0) is 4.79 Å². The first-order valence-corrected chi connectivity index (χ1v) is 8.92. The van der Waals surface area contributed by atoms with Gasteiger partial charge in [-0.05, 0) is 13.8 Å². The molecule has 0 bridgehead atoms. The van der Waals surface area contributed by atoms with Crippen molar-refractivity contribution in [3.63, 3.8) is 0 Å². The van der Waals surface area contributed by atoms with Gasteiger partial charge in [0.15, 0.2) is 17.1 Å². The molecule has 1 aromatic heterocycles. The van der Waals surface area contributed by atoms with Crippen molar-refractivity contribution in [1.82, 2.24) is 0 Å². The number of carbonyl (C=O) groups is 1. The average Bonchev–Trinajstić information content (AvgIpc) is 2.76. The van der Waals surface area contributed by atoms with Crippen molar-refractivity contribution in [1.29, 1.82) is 0 Å². The molecule has 8 nitrogen and oxygen atoms in total. The number of hydrogen-bond donors (Lipinski definition) is 2. The van der Waals surface area contributed by atoms with Crippen molar-refractivity contribution in [3.8, 4) is 40.1 Å². The Morgan fingerprint density at radius 2 is 1.63 bits per heavy atom. The molecule has 0 saturated heterocycles. The summed E-state index contributed by atoms with van der Waals surface area (Å²) in [5.74, 6) is -3.15. The second-order valence-electron chi connectivity index (χ2n) is 6.28. The zero-order chi connectivity index (χ0) is 22.0. The molecular formula is C22H20O8. The summed E-state index contributed by atoms with van der Waals surface area (Å²) in [6.07, 6.45) is 1.52. The molecule has 0 aliphatic carbocycles. The van der Waals surface area contributed by atoms with E-state index in [1.165, 1.54) is 27.2 Å². The van der Waals surface area contributed by atoms with Crippen LogP contribution in [0, 0.1) is 0 Å². The highest BCUT2D eigenvalue weighted by atomic mass is 16.6. The number of aromatic hydroxyl groups is 2. The molecule has 8 heteroatoms. The zero-order valence-electron chi connectivity index (χ0n) is 16.8. The van der Waals surface area contributed by atoms with Crippen LogP contribution in [-0.4, -0.2) is 30.4 Å². The standard InChI is InChI=1S/C22H20O8/c1-5-11(2)22(26)30-21-16(25)19(27-3)14(23)13-15(24)20(28-4)17(29-18(13)21)12-9-7-6-8-10-12/h5-10,23,25H,1-4H3/b11-5+. The van der Waals surface area contributed by atoms with Crippen LogP contribution in [0.1, 0.15) is 13.8 Å². The van der Waals surface area contributed by atoms with Gasteiger partial charge in [0.2, 0.25) is 28.4 Å². The van der Waals surface area contributed by atoms with E-state index in [1.54, 1.807) is 37.3 Å². The van der Waals surface area contributed by atoms with Crippen LogP contribution in [0.4, 0.5) is 0 Å². The van der Waals surface area contributed by atoms with E-state index in [9.17, 15) is 19.8 Å². The van der Waals surface area contributed by atoms with Crippen LogP contribution in [0.25, 0.3) is 22.3 Å². The molecule has 0 radical (unpaired) electrons. The fourth-order valence-electron chi connectivity index (χ4n) is 2.87. The van der Waals surface area contributed by atoms with Gasteiger partial charge in [-0.3, -0.25) is 4.79 Å². The summed E-state index contributed by atoms with van der Waals surface area (Å²) >= 11 is 0. The Morgan fingerprint density at radius 1 is 1.00 bits per heavy atom. The number of ether oxygens (including phenoxy) is 3. The van der Waals surface area contributed by atoms with Gasteiger partial charge in [-0.2, -0.15) is 0 Å². The summed E-state index contributed by atoms with van der Waals surface area (Å²) in [5, 5.41) is 20.8. The normalized spacial score (nSPS) is 11.4. The van der Waals surface area contributed by atoms with E-state index < -0.39 is 34.4 Å². The Morgan fingerprint density at radius 3 is 2.20 bits per heavy atom. The lowest BCUT2D eigenvalue weighted by Gasteiger charge is -2.16. The van der Waals surface area contributed by atoms with E-state index in [1.807, 2.05) is 0 Å². The molecule has 0 aliphatic rings. The first kappa shape index (κ1) is 20.8. The van der Waals surface area contributed by atoms with Gasteiger partial charge in [0, 0.05) is 11.1 Å². The van der Waals surface area contributed by atoms with Crippen molar-refractivity contribution in [3.05, 3.63) is 52.2 Å². The zero-order valence-corrected chi connectivity index (χ0v) is 16.8. The number of rotatable bonds is 5. The first-order chi connectivity index (χ1) is 14.3. The molecule has 0 aliphatic heterocycles. The lowest BCUT2D eigenvalue weighted by Crippen LogP contribution is -2.12. The van der Waals surface area contributed by atoms with Crippen LogP contribution in [0.2, 0.25) is 0 Å². The third kappa shape index (κ3) is 3.32. The molecule has 2 aromatic carbocycles. The topological polar surface area (TPSA) is 115 Å². The molecular weight excluding hydrogens is 392 g/mol. The minimum absolute atomic E-state index is 0.0413. The number of phenols is 2. The predicted molar refractivity (Wildman–Crippen MR) is 109 cm³/mol. The van der Waals surface area contributed by atoms with Crippen molar-refractivity contribution in [2.45, 2.75) is 13.8 Å². The molecule has 1 heterocycles. The largest absolute Gasteiger partial charge is 0.504 e. The quantitative estimate of drug-likeness (QED) is 0.370. The second-order valence-corrected chi connectivity index (χ2v) is 6.28. The van der Waals surface area contributed by atoms with E-state index in [0.717, 1.165) is 0 Å². The van der Waals surface area contributed by atoms with Crippen molar-refractivity contribution in [2.75, 3.05) is 14.2 Å². The number of phenolic OH excluding ortho intramolecular Hbond substituents is 2. The average molecular weight is 412 g/mol. The van der Waals surface area contributed by atoms with Gasteiger partial charge in [-0.15, -0.1) is 0 Å². The molecule has 0 amide bonds. The summed E-state index contributed by atoms with van der Waals surface area (Å²) in [7, 11) is 2.47. The number of fused-ring (bicyclic) bond motifs is 1. The maximum Gasteiger partial charge on any atom is 0.339 e. The van der Waals surface area contributed by atoms with Crippen LogP contribution < -0.4 is 19.6 Å². The molecule has 3 rings (SSSR count). The fourth-order valence-corrected chi connectivity index (χ4v) is 2.87. The number of allylic oxidation sites excluding steroid dienone is 1. The van der Waals surface area contributed by atoms with Gasteiger partial charge in [0.1, 0.15) is 5.39 Å². The highest BCUT2D eigenvalue weighted by molar-refractivity contribution is 5.99. The molecule has 0 spiro atoms. The summed E-state index contributed by atoms with van der Waals surface area (Å²) in [6.45, 7) is 3.16. The van der Waals surface area contributed by atoms with E-state index in [4.69, 9.17) is 18.6 Å². The number of methoxy groups -OCH3 is 2. The van der Waals surface area contributed by atoms with Gasteiger partial charge in [-0.1, -0.05) is 36.4 Å². The SMILES string of the molecule is C/C=C(\C)C(=O)Oc1c(O)c(OC)c(O)c2c(=O)c(OC)c(-c3ccccc3)oc12. The Kier molecular flexibility index (Phi) is 5.68. The maximum absolute atomic E-state index is 13.1. The second kappa shape index (κ2) is 8.20. The van der Waals surface area contributed by atoms with E-state index >= 15 is 0 Å². The Hall–Kier alpha value is -3.94. The summed E-state index contributed by atoms with van der Waals surface area (Å²) < 4.78 is 21.4. The lowest BCUT2D eigenvalue weighted by molar-refractivity contribution is -0.130. The van der Waals surface area contributed by atoms with E-state index in [0.29, 0.717) is 5.56 Å². The number of hydrogen-bond acceptors (Lipinski definition) is 8. The van der Waals surface area contributed by atoms with Gasteiger partial charge in [0.25, 0.3) is 0 Å². The highest BCUT2D eigenvalue weighted by Gasteiger charge is 2.30. The molecule has 0 atom stereocenters. The summed E-state index contributed by atoms with van der Waals surface area (Å²) in [6, 6.07) is 8.62. The molecule has 0 unspecified atom stereocenters. The summed E-state index contributed by atoms with van der Waals surface area (Å²) in [4.78, 5) is 25.5. The van der Waals surface area contributed by atoms with Crippen LogP contribution in [0.15, 0.2) is 51.2 Å². The van der Waals surface area contributed by atoms with Crippen LogP contribution >= 0.6 is 0 Å². The molecule has 156 valence electrons. The van der Waals surface area contributed by atoms with Gasteiger partial charge >= 0.3 is 5.97 Å². The molecule has 2 N–H and O–H groups in total. The van der Waals surface area contributed by atoms with Crippen LogP contribution in [0.5, 0.6) is 28.7 Å². The van der Waals surface area contributed by atoms with Gasteiger partial charge < -0.3 is 28.8 Å². The Bertz CT molecular complexity index is 1210. The number of benzene rings is 2. The monoisotopic (exact) mass is 412 g/mol. The van der Waals surface area contributed by atoms with E-state index in [-0.39, 0.29) is 28.1 Å². The lowest BCUT2D eigenvalue weighted by atomic mass is 10.1. The third-order valence-corrected chi connectivity index (χ3v) is 4.55.